The molecule has 0 amide bonds. The average molecular weight is 243 g/mol. The molecule has 0 heterocycles. The van der Waals surface area contributed by atoms with Gasteiger partial charge in [-0.2, -0.15) is 0 Å². The average Bonchev–Trinajstić information content (AvgIpc) is 2.76. The zero-order chi connectivity index (χ0) is 13.2. The van der Waals surface area contributed by atoms with Gasteiger partial charge in [0.15, 0.2) is 0 Å². The van der Waals surface area contributed by atoms with Gasteiger partial charge in [-0.3, -0.25) is 0 Å². The van der Waals surface area contributed by atoms with Crippen molar-refractivity contribution in [1.29, 1.82) is 0 Å². The molecule has 1 nitrogen and oxygen atoms in total. The zero-order valence-electron chi connectivity index (χ0n) is 12.1. The van der Waals surface area contributed by atoms with Gasteiger partial charge in [0.1, 0.15) is 0 Å². The first kappa shape index (κ1) is 13.4. The second-order valence-electron chi connectivity index (χ2n) is 6.58. The minimum absolute atomic E-state index is 0.179. The van der Waals surface area contributed by atoms with Gasteiger partial charge in [-0.05, 0) is 51.7 Å². The fourth-order valence-corrected chi connectivity index (χ4v) is 2.76. The number of hydrogen-bond acceptors (Lipinski definition) is 1. The molecule has 1 heteroatoms. The van der Waals surface area contributed by atoms with Gasteiger partial charge in [0.25, 0.3) is 0 Å². The number of nitrogens with one attached hydrogen (secondary N) is 1. The van der Waals surface area contributed by atoms with Gasteiger partial charge in [-0.1, -0.05) is 36.4 Å². The first-order chi connectivity index (χ1) is 8.43. The summed E-state index contributed by atoms with van der Waals surface area (Å²) in [5, 5.41) is 3.69. The zero-order valence-corrected chi connectivity index (χ0v) is 12.1. The van der Waals surface area contributed by atoms with E-state index in [4.69, 9.17) is 0 Å². The molecule has 0 saturated carbocycles. The van der Waals surface area contributed by atoms with Crippen molar-refractivity contribution < 1.29 is 0 Å². The third-order valence-electron chi connectivity index (χ3n) is 3.86. The predicted molar refractivity (Wildman–Crippen MR) is 79.0 cm³/mol. The summed E-state index contributed by atoms with van der Waals surface area (Å²) in [4.78, 5) is 0. The Hall–Kier alpha value is -1.08. The van der Waals surface area contributed by atoms with Crippen LogP contribution in [-0.2, 0) is 5.41 Å². The number of hydrogen-bond donors (Lipinski definition) is 1. The molecule has 0 saturated heterocycles. The summed E-state index contributed by atoms with van der Waals surface area (Å²) < 4.78 is 0. The smallest absolute Gasteiger partial charge is 0.0149 e. The highest BCUT2D eigenvalue weighted by molar-refractivity contribution is 5.37. The fraction of sp³-hybridized carbons (Fsp3) is 0.529. The Balaban J connectivity index is 2.25. The molecule has 1 N–H and O–H groups in total. The lowest BCUT2D eigenvalue weighted by molar-refractivity contribution is 0.339. The second-order valence-corrected chi connectivity index (χ2v) is 6.58. The summed E-state index contributed by atoms with van der Waals surface area (Å²) in [6.07, 6.45) is 6.97. The Bertz CT molecular complexity index is 429. The largest absolute Gasteiger partial charge is 0.311 e. The van der Waals surface area contributed by atoms with Crippen LogP contribution in [0.15, 0.2) is 36.4 Å². The summed E-state index contributed by atoms with van der Waals surface area (Å²) >= 11 is 0. The first-order valence-electron chi connectivity index (χ1n) is 6.89. The van der Waals surface area contributed by atoms with Crippen molar-refractivity contribution in [2.24, 2.45) is 0 Å². The second kappa shape index (κ2) is 4.89. The first-order valence-corrected chi connectivity index (χ1v) is 6.89. The van der Waals surface area contributed by atoms with Crippen LogP contribution < -0.4 is 5.32 Å². The molecule has 0 spiro atoms. The van der Waals surface area contributed by atoms with Crippen LogP contribution in [0.4, 0.5) is 0 Å². The van der Waals surface area contributed by atoms with E-state index < -0.39 is 0 Å². The monoisotopic (exact) mass is 243 g/mol. The normalized spacial score (nSPS) is 18.2. The van der Waals surface area contributed by atoms with Crippen LogP contribution in [0, 0.1) is 6.92 Å². The molecular formula is C17H25N. The molecule has 1 aliphatic carbocycles. The van der Waals surface area contributed by atoms with Gasteiger partial charge in [0, 0.05) is 17.5 Å². The van der Waals surface area contributed by atoms with E-state index in [9.17, 15) is 0 Å². The van der Waals surface area contributed by atoms with E-state index in [1.165, 1.54) is 11.1 Å². The topological polar surface area (TPSA) is 12.0 Å². The Morgan fingerprint density at radius 3 is 2.28 bits per heavy atom. The van der Waals surface area contributed by atoms with E-state index in [2.05, 4.69) is 69.4 Å². The van der Waals surface area contributed by atoms with Crippen molar-refractivity contribution in [3.8, 4) is 0 Å². The van der Waals surface area contributed by atoms with Gasteiger partial charge in [-0.25, -0.2) is 0 Å². The lowest BCUT2D eigenvalue weighted by atomic mass is 9.76. The number of rotatable bonds is 3. The summed E-state index contributed by atoms with van der Waals surface area (Å²) in [5.74, 6) is 0. The minimum atomic E-state index is 0.179. The van der Waals surface area contributed by atoms with E-state index in [0.717, 1.165) is 19.4 Å². The summed E-state index contributed by atoms with van der Waals surface area (Å²) in [6.45, 7) is 9.99. The lowest BCUT2D eigenvalue weighted by Gasteiger charge is -2.35. The maximum Gasteiger partial charge on any atom is 0.0149 e. The van der Waals surface area contributed by atoms with Crippen LogP contribution >= 0.6 is 0 Å². The van der Waals surface area contributed by atoms with Crippen LogP contribution in [0.25, 0.3) is 0 Å². The highest BCUT2D eigenvalue weighted by atomic mass is 15.0. The molecule has 98 valence electrons. The predicted octanol–water partition coefficient (Wildman–Crippen LogP) is 3.97. The standard InChI is InChI=1S/C17H25N/c1-14-9-5-6-10-15(14)17(11-7-8-12-17)13-18-16(2,3)4/h5-10,18H,11-13H2,1-4H3. The van der Waals surface area contributed by atoms with E-state index in [-0.39, 0.29) is 11.0 Å². The molecule has 0 aliphatic heterocycles. The SMILES string of the molecule is Cc1ccccc1C1(CNC(C)(C)C)CC=CC1. The quantitative estimate of drug-likeness (QED) is 0.792. The van der Waals surface area contributed by atoms with Crippen LogP contribution in [0.5, 0.6) is 0 Å². The molecule has 0 atom stereocenters. The molecule has 0 aromatic heterocycles. The molecule has 1 aliphatic rings. The van der Waals surface area contributed by atoms with Crippen LogP contribution in [-0.4, -0.2) is 12.1 Å². The van der Waals surface area contributed by atoms with Gasteiger partial charge >= 0.3 is 0 Å². The van der Waals surface area contributed by atoms with E-state index >= 15 is 0 Å². The van der Waals surface area contributed by atoms with E-state index in [1.54, 1.807) is 0 Å². The van der Waals surface area contributed by atoms with Crippen molar-refractivity contribution >= 4 is 0 Å². The highest BCUT2D eigenvalue weighted by Crippen LogP contribution is 2.38. The van der Waals surface area contributed by atoms with Crippen molar-refractivity contribution in [1.82, 2.24) is 5.32 Å². The fourth-order valence-electron chi connectivity index (χ4n) is 2.76. The molecule has 2 rings (SSSR count). The third-order valence-corrected chi connectivity index (χ3v) is 3.86. The number of benzene rings is 1. The highest BCUT2D eigenvalue weighted by Gasteiger charge is 2.34. The lowest BCUT2D eigenvalue weighted by Crippen LogP contribution is -2.45. The van der Waals surface area contributed by atoms with E-state index in [0.29, 0.717) is 0 Å². The van der Waals surface area contributed by atoms with Crippen LogP contribution in [0.1, 0.15) is 44.7 Å². The minimum Gasteiger partial charge on any atom is -0.311 e. The molecule has 1 aromatic carbocycles. The van der Waals surface area contributed by atoms with Gasteiger partial charge < -0.3 is 5.32 Å². The maximum atomic E-state index is 3.69. The molecule has 0 fully saturated rings. The Morgan fingerprint density at radius 1 is 1.11 bits per heavy atom. The van der Waals surface area contributed by atoms with Crippen LogP contribution in [0.2, 0.25) is 0 Å². The molecule has 0 unspecified atom stereocenters. The molecule has 1 aromatic rings. The van der Waals surface area contributed by atoms with Crippen molar-refractivity contribution in [3.63, 3.8) is 0 Å². The maximum absolute atomic E-state index is 3.69. The molecule has 18 heavy (non-hydrogen) atoms. The summed E-state index contributed by atoms with van der Waals surface area (Å²) in [5.41, 5.74) is 3.36. The van der Waals surface area contributed by atoms with E-state index in [1.807, 2.05) is 0 Å². The van der Waals surface area contributed by atoms with Gasteiger partial charge in [-0.15, -0.1) is 0 Å². The van der Waals surface area contributed by atoms with Gasteiger partial charge in [0.2, 0.25) is 0 Å². The van der Waals surface area contributed by atoms with Gasteiger partial charge in [0.05, 0.1) is 0 Å². The number of aryl methyl sites for hydroxylation is 1. The molecular weight excluding hydrogens is 218 g/mol. The third kappa shape index (κ3) is 2.84. The molecule has 0 radical (unpaired) electrons. The Kier molecular flexibility index (Phi) is 3.63. The summed E-state index contributed by atoms with van der Waals surface area (Å²) in [7, 11) is 0. The Morgan fingerprint density at radius 2 is 1.72 bits per heavy atom. The van der Waals surface area contributed by atoms with Crippen molar-refractivity contribution in [2.75, 3.05) is 6.54 Å². The molecule has 0 bridgehead atoms. The number of allylic oxidation sites excluding steroid dienone is 2. The Labute approximate surface area is 111 Å². The van der Waals surface area contributed by atoms with Crippen LogP contribution in [0.3, 0.4) is 0 Å². The summed E-state index contributed by atoms with van der Waals surface area (Å²) in [6, 6.07) is 8.82. The van der Waals surface area contributed by atoms with Crippen molar-refractivity contribution in [3.05, 3.63) is 47.5 Å². The van der Waals surface area contributed by atoms with Crippen molar-refractivity contribution in [2.45, 2.75) is 51.5 Å².